The summed E-state index contributed by atoms with van der Waals surface area (Å²) in [6.07, 6.45) is 2.70. The number of amides is 1. The highest BCUT2D eigenvalue weighted by molar-refractivity contribution is 7.11. The SMILES string of the molecule is CN=C(NCc1sc(C)nc1C)N1CCC(CC(=O)NC)CC1. The van der Waals surface area contributed by atoms with Gasteiger partial charge in [-0.3, -0.25) is 9.79 Å². The number of thiazole rings is 1. The number of carbonyl (C=O) groups excluding carboxylic acids is 1. The Hall–Kier alpha value is -1.63. The molecule has 128 valence electrons. The van der Waals surface area contributed by atoms with Crippen molar-refractivity contribution in [1.29, 1.82) is 0 Å². The number of aliphatic imine (C=N–C) groups is 1. The van der Waals surface area contributed by atoms with Crippen LogP contribution in [0.15, 0.2) is 4.99 Å². The van der Waals surface area contributed by atoms with Gasteiger partial charge in [0.25, 0.3) is 0 Å². The van der Waals surface area contributed by atoms with Gasteiger partial charge >= 0.3 is 0 Å². The predicted molar refractivity (Wildman–Crippen MR) is 94.8 cm³/mol. The van der Waals surface area contributed by atoms with Crippen LogP contribution in [0.25, 0.3) is 0 Å². The van der Waals surface area contributed by atoms with Gasteiger partial charge in [-0.15, -0.1) is 11.3 Å². The molecule has 0 saturated carbocycles. The molecule has 2 N–H and O–H groups in total. The van der Waals surface area contributed by atoms with Crippen molar-refractivity contribution in [3.05, 3.63) is 15.6 Å². The minimum atomic E-state index is 0.141. The molecule has 0 spiro atoms. The predicted octanol–water partition coefficient (Wildman–Crippen LogP) is 1.68. The van der Waals surface area contributed by atoms with E-state index in [2.05, 4.69) is 25.5 Å². The minimum absolute atomic E-state index is 0.141. The molecule has 1 saturated heterocycles. The van der Waals surface area contributed by atoms with Gasteiger partial charge in [0.1, 0.15) is 0 Å². The molecule has 2 rings (SSSR count). The number of nitrogens with one attached hydrogen (secondary N) is 2. The van der Waals surface area contributed by atoms with Gasteiger partial charge < -0.3 is 15.5 Å². The second-order valence-corrected chi connectivity index (χ2v) is 7.24. The first-order valence-corrected chi connectivity index (χ1v) is 8.94. The highest BCUT2D eigenvalue weighted by Crippen LogP contribution is 2.21. The van der Waals surface area contributed by atoms with Crippen LogP contribution < -0.4 is 10.6 Å². The summed E-state index contributed by atoms with van der Waals surface area (Å²) in [5.74, 6) is 1.56. The number of aromatic nitrogens is 1. The molecule has 0 aliphatic carbocycles. The number of hydrogen-bond donors (Lipinski definition) is 2. The Bertz CT molecular complexity index is 561. The third-order valence-corrected chi connectivity index (χ3v) is 5.36. The van der Waals surface area contributed by atoms with Gasteiger partial charge in [-0.05, 0) is 32.6 Å². The molecule has 1 aromatic rings. The average molecular weight is 337 g/mol. The number of carbonyl (C=O) groups is 1. The third-order valence-electron chi connectivity index (χ3n) is 4.29. The first-order valence-electron chi connectivity index (χ1n) is 8.12. The zero-order valence-corrected chi connectivity index (χ0v) is 15.3. The Morgan fingerprint density at radius 2 is 2.09 bits per heavy atom. The van der Waals surface area contributed by atoms with Crippen molar-refractivity contribution in [2.75, 3.05) is 27.2 Å². The highest BCUT2D eigenvalue weighted by Gasteiger charge is 2.23. The Labute approximate surface area is 142 Å². The van der Waals surface area contributed by atoms with Crippen LogP contribution in [0.2, 0.25) is 0 Å². The van der Waals surface area contributed by atoms with E-state index in [0.29, 0.717) is 12.3 Å². The summed E-state index contributed by atoms with van der Waals surface area (Å²) in [5, 5.41) is 7.25. The highest BCUT2D eigenvalue weighted by atomic mass is 32.1. The fraction of sp³-hybridized carbons (Fsp3) is 0.688. The number of guanidine groups is 1. The molecule has 6 nitrogen and oxygen atoms in total. The van der Waals surface area contributed by atoms with E-state index in [1.165, 1.54) is 4.88 Å². The lowest BCUT2D eigenvalue weighted by atomic mass is 9.93. The molecule has 0 unspecified atom stereocenters. The molecule has 23 heavy (non-hydrogen) atoms. The van der Waals surface area contributed by atoms with Crippen LogP contribution in [-0.2, 0) is 11.3 Å². The molecule has 7 heteroatoms. The molecule has 1 fully saturated rings. The summed E-state index contributed by atoms with van der Waals surface area (Å²) in [4.78, 5) is 23.9. The lowest BCUT2D eigenvalue weighted by Crippen LogP contribution is -2.45. The molecule has 1 aliphatic heterocycles. The fourth-order valence-electron chi connectivity index (χ4n) is 2.94. The first kappa shape index (κ1) is 17.7. The van der Waals surface area contributed by atoms with Crippen molar-refractivity contribution in [3.8, 4) is 0 Å². The smallest absolute Gasteiger partial charge is 0.220 e. The molecule has 0 bridgehead atoms. The second-order valence-electron chi connectivity index (χ2n) is 5.95. The van der Waals surface area contributed by atoms with Crippen molar-refractivity contribution < 1.29 is 4.79 Å². The number of aryl methyl sites for hydroxylation is 2. The van der Waals surface area contributed by atoms with Gasteiger partial charge in [-0.2, -0.15) is 0 Å². The van der Waals surface area contributed by atoms with E-state index in [9.17, 15) is 4.79 Å². The molecule has 1 aliphatic rings. The maximum atomic E-state index is 11.5. The van der Waals surface area contributed by atoms with E-state index in [-0.39, 0.29) is 5.91 Å². The van der Waals surface area contributed by atoms with Gasteiger partial charge in [0.2, 0.25) is 5.91 Å². The van der Waals surface area contributed by atoms with E-state index in [4.69, 9.17) is 0 Å². The third kappa shape index (κ3) is 4.92. The van der Waals surface area contributed by atoms with Crippen LogP contribution in [-0.4, -0.2) is 48.9 Å². The van der Waals surface area contributed by atoms with Crippen LogP contribution in [0, 0.1) is 19.8 Å². The summed E-state index contributed by atoms with van der Waals surface area (Å²) in [6.45, 7) is 6.74. The van der Waals surface area contributed by atoms with E-state index < -0.39 is 0 Å². The van der Waals surface area contributed by atoms with Crippen LogP contribution in [0.5, 0.6) is 0 Å². The molecule has 0 radical (unpaired) electrons. The van der Waals surface area contributed by atoms with Gasteiger partial charge in [0.05, 0.1) is 17.2 Å². The van der Waals surface area contributed by atoms with Crippen LogP contribution in [0.4, 0.5) is 0 Å². The largest absolute Gasteiger partial charge is 0.359 e. The maximum Gasteiger partial charge on any atom is 0.220 e. The number of piperidine rings is 1. The molecule has 0 aromatic carbocycles. The van der Waals surface area contributed by atoms with Gasteiger partial charge in [-0.1, -0.05) is 0 Å². The lowest BCUT2D eigenvalue weighted by Gasteiger charge is -2.34. The van der Waals surface area contributed by atoms with Crippen molar-refractivity contribution >= 4 is 23.2 Å². The Kier molecular flexibility index (Phi) is 6.38. The van der Waals surface area contributed by atoms with Crippen molar-refractivity contribution in [1.82, 2.24) is 20.5 Å². The Morgan fingerprint density at radius 3 is 2.61 bits per heavy atom. The molecular weight excluding hydrogens is 310 g/mol. The lowest BCUT2D eigenvalue weighted by molar-refractivity contribution is -0.121. The Morgan fingerprint density at radius 1 is 1.39 bits per heavy atom. The van der Waals surface area contributed by atoms with E-state index in [1.54, 1.807) is 18.4 Å². The van der Waals surface area contributed by atoms with Crippen molar-refractivity contribution in [2.24, 2.45) is 10.9 Å². The molecular formula is C16H27N5OS. The van der Waals surface area contributed by atoms with E-state index in [1.807, 2.05) is 20.9 Å². The van der Waals surface area contributed by atoms with Gasteiger partial charge in [-0.25, -0.2) is 4.98 Å². The van der Waals surface area contributed by atoms with Gasteiger partial charge in [0, 0.05) is 38.5 Å². The number of nitrogens with zero attached hydrogens (tertiary/aromatic N) is 3. The van der Waals surface area contributed by atoms with Crippen LogP contribution in [0.3, 0.4) is 0 Å². The number of hydrogen-bond acceptors (Lipinski definition) is 4. The summed E-state index contributed by atoms with van der Waals surface area (Å²) in [6, 6.07) is 0. The zero-order chi connectivity index (χ0) is 16.8. The topological polar surface area (TPSA) is 69.6 Å². The Balaban J connectivity index is 1.83. The minimum Gasteiger partial charge on any atom is -0.359 e. The number of likely N-dealkylation sites (tertiary alicyclic amines) is 1. The van der Waals surface area contributed by atoms with Crippen molar-refractivity contribution in [3.63, 3.8) is 0 Å². The van der Waals surface area contributed by atoms with Crippen LogP contribution >= 0.6 is 11.3 Å². The summed E-state index contributed by atoms with van der Waals surface area (Å²) in [5.41, 5.74) is 1.10. The monoisotopic (exact) mass is 337 g/mol. The second kappa shape index (κ2) is 8.29. The van der Waals surface area contributed by atoms with E-state index in [0.717, 1.165) is 49.1 Å². The van der Waals surface area contributed by atoms with Crippen LogP contribution in [0.1, 0.15) is 34.8 Å². The summed E-state index contributed by atoms with van der Waals surface area (Å²) in [7, 11) is 3.52. The average Bonchev–Trinajstić information content (AvgIpc) is 2.87. The standard InChI is InChI=1S/C16H27N5OS/c1-11-14(23-12(2)20-11)10-19-16(18-4)21-7-5-13(6-8-21)9-15(22)17-3/h13H,5-10H2,1-4H3,(H,17,22)(H,18,19). The summed E-state index contributed by atoms with van der Waals surface area (Å²) >= 11 is 1.73. The summed E-state index contributed by atoms with van der Waals surface area (Å²) < 4.78 is 0. The first-order chi connectivity index (χ1) is 11.0. The number of rotatable bonds is 4. The zero-order valence-electron chi connectivity index (χ0n) is 14.5. The molecule has 2 heterocycles. The maximum absolute atomic E-state index is 11.5. The van der Waals surface area contributed by atoms with Crippen molar-refractivity contribution in [2.45, 2.75) is 39.7 Å². The van der Waals surface area contributed by atoms with E-state index >= 15 is 0 Å². The fourth-order valence-corrected chi connectivity index (χ4v) is 3.82. The molecule has 0 atom stereocenters. The molecule has 1 aromatic heterocycles. The van der Waals surface area contributed by atoms with Gasteiger partial charge in [0.15, 0.2) is 5.96 Å². The molecule has 1 amide bonds. The quantitative estimate of drug-likeness (QED) is 0.648. The normalized spacial score (nSPS) is 16.5.